The topological polar surface area (TPSA) is 122 Å². The van der Waals surface area contributed by atoms with E-state index in [0.717, 1.165) is 35.7 Å². The van der Waals surface area contributed by atoms with E-state index >= 15 is 0 Å². The lowest BCUT2D eigenvalue weighted by Gasteiger charge is -2.35. The number of ketones is 1. The maximum absolute atomic E-state index is 13.8. The monoisotopic (exact) mass is 513 g/mol. The van der Waals surface area contributed by atoms with Gasteiger partial charge in [-0.15, -0.1) is 0 Å². The normalized spacial score (nSPS) is 18.4. The first-order chi connectivity index (χ1) is 17.5. The van der Waals surface area contributed by atoms with Gasteiger partial charge in [0.15, 0.2) is 5.78 Å². The van der Waals surface area contributed by atoms with Crippen LogP contribution in [-0.2, 0) is 33.8 Å². The third-order valence-corrected chi connectivity index (χ3v) is 6.97. The number of carboxylic acid groups (broad SMARTS) is 1. The number of hydrogen-bond donors (Lipinski definition) is 4. The minimum Gasteiger partial charge on any atom is -0.481 e. The third-order valence-electron chi connectivity index (χ3n) is 6.97. The molecule has 0 saturated heterocycles. The average molecular weight is 514 g/mol. The molecule has 1 aliphatic heterocycles. The molecule has 7 nitrogen and oxygen atoms in total. The summed E-state index contributed by atoms with van der Waals surface area (Å²) in [4.78, 5) is 38.5. The van der Waals surface area contributed by atoms with Gasteiger partial charge in [0.1, 0.15) is 17.6 Å². The van der Waals surface area contributed by atoms with Crippen molar-refractivity contribution in [2.24, 2.45) is 23.5 Å². The molecular weight excluding hydrogens is 480 g/mol. The molecule has 3 rings (SSSR count). The molecule has 4 atom stereocenters. The van der Waals surface area contributed by atoms with Crippen molar-refractivity contribution < 1.29 is 28.3 Å². The molecule has 198 valence electrons. The summed E-state index contributed by atoms with van der Waals surface area (Å²) in [5, 5.41) is 16.0. The van der Waals surface area contributed by atoms with Crippen LogP contribution in [0, 0.1) is 29.4 Å². The van der Waals surface area contributed by atoms with Gasteiger partial charge in [-0.1, -0.05) is 31.2 Å². The number of carboxylic acids is 1. The highest BCUT2D eigenvalue weighted by atomic mass is 19.1. The highest BCUT2D eigenvalue weighted by Crippen LogP contribution is 2.31. The van der Waals surface area contributed by atoms with Crippen LogP contribution in [0.5, 0.6) is 0 Å². The molecule has 2 aromatic rings. The Hall–Kier alpha value is -3.43. The maximum atomic E-state index is 13.8. The van der Waals surface area contributed by atoms with Crippen molar-refractivity contribution in [2.75, 3.05) is 6.54 Å². The molecular formula is C28H33F2N3O4. The van der Waals surface area contributed by atoms with Crippen LogP contribution in [0.4, 0.5) is 8.78 Å². The standard InChI is InChI=1S/C28H33F2N3O4/c1-4-17-6-5-7-18(8-17)13-32-14-22(23(31)11-19-9-20(29)12-21(30)10-19)24(28(36)37)25-26(34)15(2)16(3)33-27(25)35/h5-10,12,22-25,32H,4,11,13-14,31H2,1-3H3,(H,33,35)(H,36,37)/t22-,23+,24?,25?/m1/s1. The predicted octanol–water partition coefficient (Wildman–Crippen LogP) is 3.11. The Balaban J connectivity index is 1.92. The van der Waals surface area contributed by atoms with E-state index in [4.69, 9.17) is 5.73 Å². The Morgan fingerprint density at radius 2 is 1.73 bits per heavy atom. The van der Waals surface area contributed by atoms with Crippen LogP contribution in [-0.4, -0.2) is 35.4 Å². The van der Waals surface area contributed by atoms with Gasteiger partial charge in [-0.2, -0.15) is 0 Å². The molecule has 0 bridgehead atoms. The van der Waals surface area contributed by atoms with Crippen LogP contribution in [0.15, 0.2) is 53.7 Å². The zero-order chi connectivity index (χ0) is 27.3. The summed E-state index contributed by atoms with van der Waals surface area (Å²) in [5.41, 5.74) is 9.50. The minimum absolute atomic E-state index is 0.0491. The van der Waals surface area contributed by atoms with E-state index in [2.05, 4.69) is 10.6 Å². The highest BCUT2D eigenvalue weighted by Gasteiger charge is 2.47. The zero-order valence-electron chi connectivity index (χ0n) is 21.2. The van der Waals surface area contributed by atoms with Crippen molar-refractivity contribution in [3.8, 4) is 0 Å². The SMILES string of the molecule is CCc1cccc(CNC[C@@H](C(C(=O)O)C2C(=O)NC(C)=C(C)C2=O)[C@@H](N)Cc2cc(F)cc(F)c2)c1. The molecule has 0 fully saturated rings. The first kappa shape index (κ1) is 28.1. The molecule has 0 spiro atoms. The third kappa shape index (κ3) is 6.87. The molecule has 9 heteroatoms. The second-order valence-corrected chi connectivity index (χ2v) is 9.56. The molecule has 37 heavy (non-hydrogen) atoms. The molecule has 0 aliphatic carbocycles. The number of hydrogen-bond acceptors (Lipinski definition) is 5. The first-order valence-corrected chi connectivity index (χ1v) is 12.3. The number of amides is 1. The quantitative estimate of drug-likeness (QED) is 0.343. The van der Waals surface area contributed by atoms with Crippen LogP contribution in [0.1, 0.15) is 37.5 Å². The fourth-order valence-electron chi connectivity index (χ4n) is 4.83. The lowest BCUT2D eigenvalue weighted by atomic mass is 9.72. The summed E-state index contributed by atoms with van der Waals surface area (Å²) in [7, 11) is 0. The van der Waals surface area contributed by atoms with Gasteiger partial charge in [0.2, 0.25) is 5.91 Å². The number of nitrogens with one attached hydrogen (secondary N) is 2. The molecule has 1 amide bonds. The second kappa shape index (κ2) is 12.2. The van der Waals surface area contributed by atoms with Crippen LogP contribution < -0.4 is 16.4 Å². The van der Waals surface area contributed by atoms with E-state index < -0.39 is 53.1 Å². The van der Waals surface area contributed by atoms with Gasteiger partial charge in [-0.3, -0.25) is 14.4 Å². The van der Waals surface area contributed by atoms with Gasteiger partial charge in [0, 0.05) is 42.4 Å². The van der Waals surface area contributed by atoms with E-state index in [9.17, 15) is 28.3 Å². The lowest BCUT2D eigenvalue weighted by molar-refractivity contribution is -0.153. The average Bonchev–Trinajstić information content (AvgIpc) is 2.83. The highest BCUT2D eigenvalue weighted by molar-refractivity contribution is 6.14. The van der Waals surface area contributed by atoms with Crippen LogP contribution in [0.3, 0.4) is 0 Å². The number of halogens is 2. The van der Waals surface area contributed by atoms with Crippen LogP contribution in [0.2, 0.25) is 0 Å². The van der Waals surface area contributed by atoms with Gasteiger partial charge >= 0.3 is 5.97 Å². The number of aryl methyl sites for hydroxylation is 1. The Morgan fingerprint density at radius 1 is 1.08 bits per heavy atom. The van der Waals surface area contributed by atoms with Crippen molar-refractivity contribution in [2.45, 2.75) is 46.2 Å². The molecule has 0 aromatic heterocycles. The van der Waals surface area contributed by atoms with Gasteiger partial charge < -0.3 is 21.5 Å². The number of allylic oxidation sites excluding steroid dienone is 2. The number of Topliss-reactive ketones (excluding diaryl/α,β-unsaturated/α-hetero) is 1. The molecule has 1 aliphatic rings. The van der Waals surface area contributed by atoms with Gasteiger partial charge in [-0.05, 0) is 55.5 Å². The number of nitrogens with two attached hydrogens (primary N) is 1. The number of carbonyl (C=O) groups excluding carboxylic acids is 2. The lowest BCUT2D eigenvalue weighted by Crippen LogP contribution is -2.54. The van der Waals surface area contributed by atoms with Crippen molar-refractivity contribution >= 4 is 17.7 Å². The van der Waals surface area contributed by atoms with Crippen molar-refractivity contribution in [3.63, 3.8) is 0 Å². The second-order valence-electron chi connectivity index (χ2n) is 9.56. The van der Waals surface area contributed by atoms with E-state index in [-0.39, 0.29) is 24.1 Å². The zero-order valence-corrected chi connectivity index (χ0v) is 21.2. The van der Waals surface area contributed by atoms with Crippen molar-refractivity contribution in [1.82, 2.24) is 10.6 Å². The summed E-state index contributed by atoms with van der Waals surface area (Å²) in [6, 6.07) is 9.97. The van der Waals surface area contributed by atoms with E-state index in [0.29, 0.717) is 12.2 Å². The number of benzene rings is 2. The van der Waals surface area contributed by atoms with Gasteiger partial charge in [0.25, 0.3) is 0 Å². The maximum Gasteiger partial charge on any atom is 0.308 e. The van der Waals surface area contributed by atoms with E-state index in [1.165, 1.54) is 6.92 Å². The number of rotatable bonds is 11. The summed E-state index contributed by atoms with van der Waals surface area (Å²) < 4.78 is 27.6. The summed E-state index contributed by atoms with van der Waals surface area (Å²) >= 11 is 0. The Morgan fingerprint density at radius 3 is 2.35 bits per heavy atom. The van der Waals surface area contributed by atoms with Crippen molar-refractivity contribution in [1.29, 1.82) is 0 Å². The largest absolute Gasteiger partial charge is 0.481 e. The fourth-order valence-corrected chi connectivity index (χ4v) is 4.83. The molecule has 1 heterocycles. The predicted molar refractivity (Wildman–Crippen MR) is 135 cm³/mol. The molecule has 0 radical (unpaired) electrons. The fraction of sp³-hybridized carbons (Fsp3) is 0.393. The van der Waals surface area contributed by atoms with Crippen LogP contribution in [0.25, 0.3) is 0 Å². The summed E-state index contributed by atoms with van der Waals surface area (Å²) in [5.74, 6) is -8.03. The Kier molecular flexibility index (Phi) is 9.29. The summed E-state index contributed by atoms with van der Waals surface area (Å²) in [6.07, 6.45) is 0.810. The van der Waals surface area contributed by atoms with Crippen molar-refractivity contribution in [3.05, 3.63) is 82.1 Å². The van der Waals surface area contributed by atoms with E-state index in [1.807, 2.05) is 31.2 Å². The number of carbonyl (C=O) groups is 3. The molecule has 2 aromatic carbocycles. The number of aliphatic carboxylic acids is 1. The Bertz CT molecular complexity index is 1190. The van der Waals surface area contributed by atoms with Gasteiger partial charge in [0.05, 0.1) is 5.92 Å². The molecule has 2 unspecified atom stereocenters. The summed E-state index contributed by atoms with van der Waals surface area (Å²) in [6.45, 7) is 5.61. The molecule has 0 saturated carbocycles. The first-order valence-electron chi connectivity index (χ1n) is 12.3. The van der Waals surface area contributed by atoms with Crippen LogP contribution >= 0.6 is 0 Å². The minimum atomic E-state index is -1.48. The Labute approximate surface area is 215 Å². The van der Waals surface area contributed by atoms with E-state index in [1.54, 1.807) is 6.92 Å². The smallest absolute Gasteiger partial charge is 0.308 e. The van der Waals surface area contributed by atoms with Gasteiger partial charge in [-0.25, -0.2) is 8.78 Å². The molecule has 5 N–H and O–H groups in total.